The van der Waals surface area contributed by atoms with Gasteiger partial charge in [-0.15, -0.1) is 0 Å². The Hall–Kier alpha value is -2.42. The molecule has 3 heteroatoms. The maximum atomic E-state index is 12.5. The van der Waals surface area contributed by atoms with Gasteiger partial charge in [-0.25, -0.2) is 4.79 Å². The van der Waals surface area contributed by atoms with Gasteiger partial charge in [0.1, 0.15) is 0 Å². The molecular formula is C18H18O3. The lowest BCUT2D eigenvalue weighted by molar-refractivity contribution is 0.0332. The molecule has 0 saturated carbocycles. The molecule has 0 aliphatic rings. The van der Waals surface area contributed by atoms with E-state index in [1.54, 1.807) is 48.5 Å². The molecule has 2 rings (SSSR count). The van der Waals surface area contributed by atoms with Crippen LogP contribution in [0.25, 0.3) is 0 Å². The molecule has 0 fully saturated rings. The number of ketones is 1. The SMILES string of the molecule is CCC(C)OC(=O)c1ccccc1C(=O)c1ccccc1. The fourth-order valence-electron chi connectivity index (χ4n) is 1.93. The van der Waals surface area contributed by atoms with Gasteiger partial charge in [-0.3, -0.25) is 4.79 Å². The van der Waals surface area contributed by atoms with Crippen LogP contribution in [0, 0.1) is 0 Å². The molecule has 3 nitrogen and oxygen atoms in total. The van der Waals surface area contributed by atoms with Crippen molar-refractivity contribution in [3.8, 4) is 0 Å². The quantitative estimate of drug-likeness (QED) is 0.617. The number of esters is 1. The zero-order valence-corrected chi connectivity index (χ0v) is 12.2. The Balaban J connectivity index is 2.33. The van der Waals surface area contributed by atoms with E-state index >= 15 is 0 Å². The van der Waals surface area contributed by atoms with Gasteiger partial charge in [-0.2, -0.15) is 0 Å². The van der Waals surface area contributed by atoms with Gasteiger partial charge in [0.25, 0.3) is 0 Å². The van der Waals surface area contributed by atoms with Gasteiger partial charge < -0.3 is 4.74 Å². The van der Waals surface area contributed by atoms with Crippen LogP contribution in [-0.4, -0.2) is 17.9 Å². The highest BCUT2D eigenvalue weighted by Crippen LogP contribution is 2.16. The zero-order valence-electron chi connectivity index (χ0n) is 12.2. The summed E-state index contributed by atoms with van der Waals surface area (Å²) in [5.41, 5.74) is 1.24. The first-order valence-corrected chi connectivity index (χ1v) is 7.03. The number of rotatable bonds is 5. The summed E-state index contributed by atoms with van der Waals surface area (Å²) in [7, 11) is 0. The molecule has 0 saturated heterocycles. The van der Waals surface area contributed by atoms with Crippen molar-refractivity contribution < 1.29 is 14.3 Å². The van der Waals surface area contributed by atoms with Crippen molar-refractivity contribution in [3.05, 3.63) is 71.3 Å². The first kappa shape index (κ1) is 15.0. The van der Waals surface area contributed by atoms with Gasteiger partial charge in [-0.05, 0) is 19.4 Å². The second kappa shape index (κ2) is 6.84. The highest BCUT2D eigenvalue weighted by atomic mass is 16.5. The molecule has 0 aliphatic carbocycles. The molecule has 2 aromatic rings. The van der Waals surface area contributed by atoms with Gasteiger partial charge in [0.05, 0.1) is 11.7 Å². The van der Waals surface area contributed by atoms with E-state index in [-0.39, 0.29) is 11.9 Å². The third-order valence-electron chi connectivity index (χ3n) is 3.31. The third kappa shape index (κ3) is 3.57. The van der Waals surface area contributed by atoms with Crippen molar-refractivity contribution >= 4 is 11.8 Å². The van der Waals surface area contributed by atoms with E-state index in [4.69, 9.17) is 4.74 Å². The lowest BCUT2D eigenvalue weighted by atomic mass is 9.98. The minimum atomic E-state index is -0.454. The van der Waals surface area contributed by atoms with Crippen molar-refractivity contribution in [2.75, 3.05) is 0 Å². The first-order valence-electron chi connectivity index (χ1n) is 7.03. The average Bonchev–Trinajstić information content (AvgIpc) is 2.54. The van der Waals surface area contributed by atoms with Crippen LogP contribution in [0.2, 0.25) is 0 Å². The van der Waals surface area contributed by atoms with Crippen LogP contribution in [0.15, 0.2) is 54.6 Å². The van der Waals surface area contributed by atoms with E-state index in [0.29, 0.717) is 16.7 Å². The van der Waals surface area contributed by atoms with E-state index in [1.807, 2.05) is 19.9 Å². The van der Waals surface area contributed by atoms with E-state index in [1.165, 1.54) is 0 Å². The lowest BCUT2D eigenvalue weighted by Crippen LogP contribution is -2.17. The van der Waals surface area contributed by atoms with E-state index in [9.17, 15) is 9.59 Å². The van der Waals surface area contributed by atoms with E-state index in [0.717, 1.165) is 6.42 Å². The Bertz CT molecular complexity index is 632. The van der Waals surface area contributed by atoms with Crippen LogP contribution in [-0.2, 0) is 4.74 Å². The van der Waals surface area contributed by atoms with Crippen LogP contribution >= 0.6 is 0 Å². The van der Waals surface area contributed by atoms with Crippen LogP contribution in [0.4, 0.5) is 0 Å². The third-order valence-corrected chi connectivity index (χ3v) is 3.31. The summed E-state index contributed by atoms with van der Waals surface area (Å²) in [6, 6.07) is 15.7. The largest absolute Gasteiger partial charge is 0.459 e. The molecule has 2 aromatic carbocycles. The molecular weight excluding hydrogens is 264 g/mol. The Labute approximate surface area is 124 Å². The highest BCUT2D eigenvalue weighted by Gasteiger charge is 2.19. The minimum Gasteiger partial charge on any atom is -0.459 e. The van der Waals surface area contributed by atoms with Crippen molar-refractivity contribution in [2.24, 2.45) is 0 Å². The van der Waals surface area contributed by atoms with Gasteiger partial charge >= 0.3 is 5.97 Å². The monoisotopic (exact) mass is 282 g/mol. The summed E-state index contributed by atoms with van der Waals surface area (Å²) in [5, 5.41) is 0. The molecule has 108 valence electrons. The Morgan fingerprint density at radius 3 is 2.14 bits per heavy atom. The number of ether oxygens (including phenoxy) is 1. The van der Waals surface area contributed by atoms with Crippen LogP contribution in [0.1, 0.15) is 46.5 Å². The van der Waals surface area contributed by atoms with Crippen molar-refractivity contribution in [1.82, 2.24) is 0 Å². The summed E-state index contributed by atoms with van der Waals surface area (Å²) < 4.78 is 5.32. The van der Waals surface area contributed by atoms with Gasteiger partial charge in [0.2, 0.25) is 0 Å². The summed E-state index contributed by atoms with van der Waals surface area (Å²) >= 11 is 0. The first-order chi connectivity index (χ1) is 10.1. The van der Waals surface area contributed by atoms with Crippen LogP contribution < -0.4 is 0 Å². The maximum absolute atomic E-state index is 12.5. The molecule has 1 atom stereocenters. The van der Waals surface area contributed by atoms with Crippen molar-refractivity contribution in [2.45, 2.75) is 26.4 Å². The number of carbonyl (C=O) groups excluding carboxylic acids is 2. The Morgan fingerprint density at radius 2 is 1.52 bits per heavy atom. The smallest absolute Gasteiger partial charge is 0.339 e. The second-order valence-electron chi connectivity index (χ2n) is 4.86. The summed E-state index contributed by atoms with van der Waals surface area (Å²) in [5.74, 6) is -0.628. The fraction of sp³-hybridized carbons (Fsp3) is 0.222. The summed E-state index contributed by atoms with van der Waals surface area (Å²) in [4.78, 5) is 24.7. The van der Waals surface area contributed by atoms with E-state index in [2.05, 4.69) is 0 Å². The Morgan fingerprint density at radius 1 is 0.952 bits per heavy atom. The second-order valence-corrected chi connectivity index (χ2v) is 4.86. The van der Waals surface area contributed by atoms with Crippen LogP contribution in [0.3, 0.4) is 0 Å². The molecule has 0 spiro atoms. The Kier molecular flexibility index (Phi) is 4.88. The summed E-state index contributed by atoms with van der Waals surface area (Å²) in [6.07, 6.45) is 0.568. The molecule has 0 amide bonds. The molecule has 0 N–H and O–H groups in total. The normalized spacial score (nSPS) is 11.7. The zero-order chi connectivity index (χ0) is 15.2. The molecule has 0 bridgehead atoms. The van der Waals surface area contributed by atoms with Crippen molar-refractivity contribution in [1.29, 1.82) is 0 Å². The molecule has 0 aliphatic heterocycles. The number of benzene rings is 2. The standard InChI is InChI=1S/C18H18O3/c1-3-13(2)21-18(20)16-12-8-7-11-15(16)17(19)14-9-5-4-6-10-14/h4-13H,3H2,1-2H3. The topological polar surface area (TPSA) is 43.4 Å². The van der Waals surface area contributed by atoms with Gasteiger partial charge in [-0.1, -0.05) is 55.5 Å². The number of hydrogen-bond donors (Lipinski definition) is 0. The average molecular weight is 282 g/mol. The highest BCUT2D eigenvalue weighted by molar-refractivity contribution is 6.14. The number of carbonyl (C=O) groups is 2. The summed E-state index contributed by atoms with van der Waals surface area (Å²) in [6.45, 7) is 3.78. The van der Waals surface area contributed by atoms with E-state index < -0.39 is 5.97 Å². The maximum Gasteiger partial charge on any atom is 0.339 e. The predicted molar refractivity (Wildman–Crippen MR) is 81.5 cm³/mol. The van der Waals surface area contributed by atoms with Crippen LogP contribution in [0.5, 0.6) is 0 Å². The number of hydrogen-bond acceptors (Lipinski definition) is 3. The molecule has 1 unspecified atom stereocenters. The molecule has 0 radical (unpaired) electrons. The van der Waals surface area contributed by atoms with Gasteiger partial charge in [0, 0.05) is 11.1 Å². The lowest BCUT2D eigenvalue weighted by Gasteiger charge is -2.13. The van der Waals surface area contributed by atoms with Crippen molar-refractivity contribution in [3.63, 3.8) is 0 Å². The predicted octanol–water partition coefficient (Wildman–Crippen LogP) is 3.87. The molecule has 0 aromatic heterocycles. The van der Waals surface area contributed by atoms with Gasteiger partial charge in [0.15, 0.2) is 5.78 Å². The minimum absolute atomic E-state index is 0.169. The molecule has 0 heterocycles. The molecule has 21 heavy (non-hydrogen) atoms. The fourth-order valence-corrected chi connectivity index (χ4v) is 1.93.